The molecular weight excluding hydrogens is 430 g/mol. The number of nitrogens with zero attached hydrogens (tertiary/aromatic N) is 2. The topological polar surface area (TPSA) is 77.8 Å². The molecule has 0 bridgehead atoms. The molecule has 0 aliphatic heterocycles. The second kappa shape index (κ2) is 10.7. The third-order valence-electron chi connectivity index (χ3n) is 5.39. The minimum absolute atomic E-state index is 0.200. The van der Waals surface area contributed by atoms with E-state index in [2.05, 4.69) is 16.5 Å². The lowest BCUT2D eigenvalue weighted by atomic mass is 9.95. The van der Waals surface area contributed by atoms with Crippen LogP contribution in [0.4, 0.5) is 20.2 Å². The van der Waals surface area contributed by atoms with E-state index in [0.717, 1.165) is 27.8 Å². The molecule has 0 radical (unpaired) electrons. The highest BCUT2D eigenvalue weighted by atomic mass is 19.1. The summed E-state index contributed by atoms with van der Waals surface area (Å²) < 4.78 is 27.1. The molecule has 34 heavy (non-hydrogen) atoms. The summed E-state index contributed by atoms with van der Waals surface area (Å²) in [6.07, 6.45) is 6.66. The summed E-state index contributed by atoms with van der Waals surface area (Å²) in [4.78, 5) is 7.87. The number of allylic oxidation sites excluding steroid dienone is 1. The molecule has 0 saturated heterocycles. The van der Waals surface area contributed by atoms with Gasteiger partial charge < -0.3 is 11.5 Å². The normalized spacial score (nSPS) is 10.5. The molecule has 0 saturated carbocycles. The van der Waals surface area contributed by atoms with Crippen molar-refractivity contribution in [2.24, 2.45) is 0 Å². The van der Waals surface area contributed by atoms with Gasteiger partial charge in [-0.25, -0.2) is 8.78 Å². The Labute approximate surface area is 199 Å². The first-order valence-corrected chi connectivity index (χ1v) is 10.8. The van der Waals surface area contributed by atoms with Gasteiger partial charge in [0.2, 0.25) is 0 Å². The zero-order valence-corrected chi connectivity index (χ0v) is 19.5. The molecular formula is C28H28F2N4. The van der Waals surface area contributed by atoms with Crippen LogP contribution in [0, 0.1) is 11.6 Å². The highest BCUT2D eigenvalue weighted by Gasteiger charge is 2.13. The van der Waals surface area contributed by atoms with Crippen LogP contribution in [0.25, 0.3) is 27.8 Å². The lowest BCUT2D eigenvalue weighted by molar-refractivity contribution is 0.624. The molecule has 4 rings (SSSR count). The van der Waals surface area contributed by atoms with Crippen LogP contribution in [-0.2, 0) is 0 Å². The Morgan fingerprint density at radius 1 is 0.765 bits per heavy atom. The van der Waals surface area contributed by atoms with Crippen molar-refractivity contribution >= 4 is 16.9 Å². The van der Waals surface area contributed by atoms with E-state index in [1.54, 1.807) is 36.9 Å². The van der Waals surface area contributed by atoms with Crippen molar-refractivity contribution in [3.8, 4) is 22.3 Å². The first kappa shape index (κ1) is 24.6. The fraction of sp³-hybridized carbons (Fsp3) is 0.143. The molecule has 0 atom stereocenters. The second-order valence-corrected chi connectivity index (χ2v) is 8.28. The molecule has 0 unspecified atom stereocenters. The number of pyridine rings is 2. The quantitative estimate of drug-likeness (QED) is 0.320. The Morgan fingerprint density at radius 3 is 1.65 bits per heavy atom. The van der Waals surface area contributed by atoms with Gasteiger partial charge >= 0.3 is 0 Å². The Morgan fingerprint density at radius 2 is 1.21 bits per heavy atom. The number of aromatic nitrogens is 2. The van der Waals surface area contributed by atoms with Gasteiger partial charge in [0.15, 0.2) is 0 Å². The largest absolute Gasteiger partial charge is 0.398 e. The number of nitrogens with two attached hydrogens (primary N) is 2. The number of hydrogen-bond acceptors (Lipinski definition) is 4. The highest BCUT2D eigenvalue weighted by molar-refractivity contribution is 5.85. The molecule has 4 nitrogen and oxygen atoms in total. The molecule has 0 amide bonds. The molecule has 0 spiro atoms. The molecule has 4 aromatic rings. The van der Waals surface area contributed by atoms with Crippen LogP contribution in [-0.4, -0.2) is 9.97 Å². The van der Waals surface area contributed by atoms with E-state index in [0.29, 0.717) is 22.5 Å². The van der Waals surface area contributed by atoms with Crippen molar-refractivity contribution in [1.82, 2.24) is 9.97 Å². The fourth-order valence-corrected chi connectivity index (χ4v) is 3.63. The molecule has 2 aromatic carbocycles. The van der Waals surface area contributed by atoms with Crippen molar-refractivity contribution in [3.63, 3.8) is 0 Å². The van der Waals surface area contributed by atoms with Crippen molar-refractivity contribution in [3.05, 3.63) is 103 Å². The molecule has 2 heterocycles. The van der Waals surface area contributed by atoms with Gasteiger partial charge in [-0.15, -0.1) is 0 Å². The van der Waals surface area contributed by atoms with E-state index in [1.807, 2.05) is 32.9 Å². The molecule has 6 heteroatoms. The molecule has 4 N–H and O–H groups in total. The van der Waals surface area contributed by atoms with E-state index < -0.39 is 0 Å². The average Bonchev–Trinajstić information content (AvgIpc) is 2.82. The highest BCUT2D eigenvalue weighted by Crippen LogP contribution is 2.34. The number of hydrogen-bond donors (Lipinski definition) is 2. The summed E-state index contributed by atoms with van der Waals surface area (Å²) in [7, 11) is 0. The van der Waals surface area contributed by atoms with Crippen molar-refractivity contribution in [2.45, 2.75) is 26.7 Å². The summed E-state index contributed by atoms with van der Waals surface area (Å²) in [5.41, 5.74) is 18.7. The maximum absolute atomic E-state index is 13.6. The number of benzene rings is 2. The van der Waals surface area contributed by atoms with Crippen LogP contribution in [0.2, 0.25) is 0 Å². The Balaban J connectivity index is 0.000000191. The van der Waals surface area contributed by atoms with Gasteiger partial charge in [0.25, 0.3) is 0 Å². The minimum atomic E-state index is -0.316. The first-order valence-electron chi connectivity index (χ1n) is 10.8. The SMILES string of the molecule is C=C(C)c1cc(F)cc(-c2ccncc2)c1N.CC(C)c1cc(F)cc(-c2ccncc2)c1N. The van der Waals surface area contributed by atoms with Crippen LogP contribution in [0.15, 0.2) is 79.9 Å². The zero-order valence-electron chi connectivity index (χ0n) is 19.5. The smallest absolute Gasteiger partial charge is 0.124 e. The van der Waals surface area contributed by atoms with Gasteiger partial charge in [-0.1, -0.05) is 20.4 Å². The van der Waals surface area contributed by atoms with Crippen molar-refractivity contribution in [1.29, 1.82) is 0 Å². The van der Waals surface area contributed by atoms with Gasteiger partial charge in [0.05, 0.1) is 0 Å². The summed E-state index contributed by atoms with van der Waals surface area (Å²) >= 11 is 0. The Kier molecular flexibility index (Phi) is 7.74. The van der Waals surface area contributed by atoms with Gasteiger partial charge in [0, 0.05) is 52.9 Å². The van der Waals surface area contributed by atoms with Crippen LogP contribution in [0.3, 0.4) is 0 Å². The monoisotopic (exact) mass is 458 g/mol. The van der Waals surface area contributed by atoms with E-state index in [9.17, 15) is 8.78 Å². The van der Waals surface area contributed by atoms with Crippen LogP contribution in [0.1, 0.15) is 37.8 Å². The van der Waals surface area contributed by atoms with Gasteiger partial charge in [-0.2, -0.15) is 0 Å². The number of anilines is 2. The molecule has 174 valence electrons. The number of halogens is 2. The molecule has 0 fully saturated rings. The van der Waals surface area contributed by atoms with Crippen LogP contribution in [0.5, 0.6) is 0 Å². The molecule has 2 aromatic heterocycles. The standard InChI is InChI=1S/C14H15FN2.C14H13FN2/c2*1-9(2)12-7-11(15)8-13(14(12)16)10-3-5-17-6-4-10/h3-9H,16H2,1-2H3;3-8H,1,16H2,2H3. The van der Waals surface area contributed by atoms with Crippen molar-refractivity contribution in [2.75, 3.05) is 11.5 Å². The lowest BCUT2D eigenvalue weighted by Crippen LogP contribution is -2.00. The minimum Gasteiger partial charge on any atom is -0.398 e. The maximum atomic E-state index is 13.6. The first-order chi connectivity index (χ1) is 16.2. The summed E-state index contributed by atoms with van der Waals surface area (Å²) in [6.45, 7) is 9.61. The lowest BCUT2D eigenvalue weighted by Gasteiger charge is -2.14. The Hall–Kier alpha value is -4.06. The van der Waals surface area contributed by atoms with E-state index in [1.165, 1.54) is 24.3 Å². The summed E-state index contributed by atoms with van der Waals surface area (Å²) in [5, 5.41) is 0. The van der Waals surface area contributed by atoms with Crippen molar-refractivity contribution < 1.29 is 8.78 Å². The predicted molar refractivity (Wildman–Crippen MR) is 137 cm³/mol. The molecule has 0 aliphatic carbocycles. The molecule has 0 aliphatic rings. The van der Waals surface area contributed by atoms with Gasteiger partial charge in [0.1, 0.15) is 11.6 Å². The zero-order chi connectivity index (χ0) is 24.8. The average molecular weight is 459 g/mol. The third-order valence-corrected chi connectivity index (χ3v) is 5.39. The fourth-order valence-electron chi connectivity index (χ4n) is 3.63. The summed E-state index contributed by atoms with van der Waals surface area (Å²) in [6, 6.07) is 13.1. The Bertz CT molecular complexity index is 1290. The second-order valence-electron chi connectivity index (χ2n) is 8.28. The van der Waals surface area contributed by atoms with E-state index in [4.69, 9.17) is 11.5 Å². The number of rotatable bonds is 4. The third kappa shape index (κ3) is 5.64. The van der Waals surface area contributed by atoms with Gasteiger partial charge in [-0.3, -0.25) is 9.97 Å². The maximum Gasteiger partial charge on any atom is 0.124 e. The predicted octanol–water partition coefficient (Wildman–Crippen LogP) is 7.10. The summed E-state index contributed by atoms with van der Waals surface area (Å²) in [5.74, 6) is -0.370. The van der Waals surface area contributed by atoms with E-state index in [-0.39, 0.29) is 17.6 Å². The van der Waals surface area contributed by atoms with Gasteiger partial charge in [-0.05, 0) is 83.6 Å². The van der Waals surface area contributed by atoms with Crippen LogP contribution < -0.4 is 11.5 Å². The van der Waals surface area contributed by atoms with Crippen LogP contribution >= 0.6 is 0 Å². The number of nitrogen functional groups attached to an aromatic ring is 2. The van der Waals surface area contributed by atoms with E-state index >= 15 is 0 Å².